The van der Waals surface area contributed by atoms with E-state index in [0.29, 0.717) is 17.7 Å². The van der Waals surface area contributed by atoms with E-state index in [9.17, 15) is 0 Å². The fraction of sp³-hybridized carbons (Fsp3) is 0.312. The van der Waals surface area contributed by atoms with Gasteiger partial charge in [0.05, 0.1) is 0 Å². The predicted octanol–water partition coefficient (Wildman–Crippen LogP) is 2.63. The van der Waals surface area contributed by atoms with Crippen LogP contribution >= 0.6 is 0 Å². The first-order valence-corrected chi connectivity index (χ1v) is 6.84. The van der Waals surface area contributed by atoms with Crippen LogP contribution in [0.3, 0.4) is 0 Å². The van der Waals surface area contributed by atoms with Gasteiger partial charge in [-0.15, -0.1) is 0 Å². The predicted molar refractivity (Wildman–Crippen MR) is 77.4 cm³/mol. The summed E-state index contributed by atoms with van der Waals surface area (Å²) in [6.07, 6.45) is 3.12. The molecule has 0 fully saturated rings. The summed E-state index contributed by atoms with van der Waals surface area (Å²) in [5, 5.41) is 12.3. The van der Waals surface area contributed by atoms with Crippen LogP contribution in [0.2, 0.25) is 0 Å². The number of rotatable bonds is 2. The average molecular weight is 264 g/mol. The summed E-state index contributed by atoms with van der Waals surface area (Å²) in [6, 6.07) is 12.7. The Morgan fingerprint density at radius 3 is 2.85 bits per heavy atom. The summed E-state index contributed by atoms with van der Waals surface area (Å²) in [5.74, 6) is 0.561. The van der Waals surface area contributed by atoms with Crippen molar-refractivity contribution >= 4 is 5.95 Å². The molecule has 1 aromatic carbocycles. The number of aromatic nitrogens is 2. The van der Waals surface area contributed by atoms with Crippen molar-refractivity contribution in [1.82, 2.24) is 9.97 Å². The van der Waals surface area contributed by atoms with Gasteiger partial charge in [-0.2, -0.15) is 5.26 Å². The van der Waals surface area contributed by atoms with E-state index in [-0.39, 0.29) is 0 Å². The van der Waals surface area contributed by atoms with Crippen molar-refractivity contribution in [3.05, 3.63) is 52.8 Å². The van der Waals surface area contributed by atoms with Gasteiger partial charge in [-0.3, -0.25) is 0 Å². The lowest BCUT2D eigenvalue weighted by molar-refractivity contribution is 0.606. The fourth-order valence-electron chi connectivity index (χ4n) is 2.69. The van der Waals surface area contributed by atoms with Crippen molar-refractivity contribution in [2.45, 2.75) is 32.2 Å². The Kier molecular flexibility index (Phi) is 3.34. The third kappa shape index (κ3) is 2.62. The van der Waals surface area contributed by atoms with Gasteiger partial charge in [0.25, 0.3) is 0 Å². The first-order chi connectivity index (χ1) is 9.74. The standard InChI is InChI=1S/C16H16N4/c1-11-8-15(10-17)20-16(18-11)19-14-7-6-12-4-2-3-5-13(12)9-14/h2-5,8,14H,6-7,9H2,1H3,(H,18,19,20). The molecule has 4 nitrogen and oxygen atoms in total. The molecule has 0 saturated carbocycles. The molecule has 0 saturated heterocycles. The highest BCUT2D eigenvalue weighted by molar-refractivity contribution is 5.37. The lowest BCUT2D eigenvalue weighted by Crippen LogP contribution is -2.28. The summed E-state index contributed by atoms with van der Waals surface area (Å²) < 4.78 is 0. The van der Waals surface area contributed by atoms with E-state index in [4.69, 9.17) is 5.26 Å². The van der Waals surface area contributed by atoms with Crippen molar-refractivity contribution in [3.8, 4) is 6.07 Å². The molecule has 0 spiro atoms. The Balaban J connectivity index is 1.77. The largest absolute Gasteiger partial charge is 0.351 e. The molecule has 4 heteroatoms. The smallest absolute Gasteiger partial charge is 0.224 e. The van der Waals surface area contributed by atoms with Gasteiger partial charge < -0.3 is 5.32 Å². The molecule has 0 radical (unpaired) electrons. The van der Waals surface area contributed by atoms with E-state index in [2.05, 4.69) is 45.6 Å². The van der Waals surface area contributed by atoms with Gasteiger partial charge in [-0.05, 0) is 43.4 Å². The van der Waals surface area contributed by atoms with E-state index in [1.807, 2.05) is 6.92 Å². The topological polar surface area (TPSA) is 61.6 Å². The molecular formula is C16H16N4. The van der Waals surface area contributed by atoms with Gasteiger partial charge in [0.1, 0.15) is 11.8 Å². The summed E-state index contributed by atoms with van der Waals surface area (Å²) in [6.45, 7) is 1.88. The van der Waals surface area contributed by atoms with Gasteiger partial charge in [0, 0.05) is 11.7 Å². The number of hydrogen-bond donors (Lipinski definition) is 1. The number of aryl methyl sites for hydroxylation is 2. The average Bonchev–Trinajstić information content (AvgIpc) is 2.46. The third-order valence-corrected chi connectivity index (χ3v) is 3.65. The van der Waals surface area contributed by atoms with Gasteiger partial charge in [-0.1, -0.05) is 24.3 Å². The van der Waals surface area contributed by atoms with Gasteiger partial charge in [0.15, 0.2) is 0 Å². The van der Waals surface area contributed by atoms with Crippen molar-refractivity contribution in [2.24, 2.45) is 0 Å². The minimum atomic E-state index is 0.332. The highest BCUT2D eigenvalue weighted by Gasteiger charge is 2.18. The van der Waals surface area contributed by atoms with Crippen LogP contribution in [0.4, 0.5) is 5.95 Å². The Morgan fingerprint density at radius 2 is 2.05 bits per heavy atom. The molecule has 0 bridgehead atoms. The molecule has 20 heavy (non-hydrogen) atoms. The van der Waals surface area contributed by atoms with Crippen molar-refractivity contribution in [3.63, 3.8) is 0 Å². The number of nitriles is 1. The molecule has 1 unspecified atom stereocenters. The van der Waals surface area contributed by atoms with Crippen molar-refractivity contribution in [1.29, 1.82) is 5.26 Å². The first kappa shape index (κ1) is 12.6. The Morgan fingerprint density at radius 1 is 1.25 bits per heavy atom. The minimum Gasteiger partial charge on any atom is -0.351 e. The highest BCUT2D eigenvalue weighted by atomic mass is 15.1. The maximum Gasteiger partial charge on any atom is 0.224 e. The zero-order valence-electron chi connectivity index (χ0n) is 11.4. The zero-order chi connectivity index (χ0) is 13.9. The van der Waals surface area contributed by atoms with Crippen molar-refractivity contribution in [2.75, 3.05) is 5.32 Å². The number of benzene rings is 1. The quantitative estimate of drug-likeness (QED) is 0.905. The highest BCUT2D eigenvalue weighted by Crippen LogP contribution is 2.22. The second-order valence-electron chi connectivity index (χ2n) is 5.18. The number of hydrogen-bond acceptors (Lipinski definition) is 4. The van der Waals surface area contributed by atoms with Gasteiger partial charge in [0.2, 0.25) is 5.95 Å². The number of nitrogens with zero attached hydrogens (tertiary/aromatic N) is 3. The molecule has 1 heterocycles. The SMILES string of the molecule is Cc1cc(C#N)nc(NC2CCc3ccccc3C2)n1. The van der Waals surface area contributed by atoms with Gasteiger partial charge >= 0.3 is 0 Å². The van der Waals surface area contributed by atoms with E-state index < -0.39 is 0 Å². The van der Waals surface area contributed by atoms with Gasteiger partial charge in [-0.25, -0.2) is 9.97 Å². The van der Waals surface area contributed by atoms with Crippen LogP contribution in [-0.2, 0) is 12.8 Å². The van der Waals surface area contributed by atoms with Crippen molar-refractivity contribution < 1.29 is 0 Å². The second-order valence-corrected chi connectivity index (χ2v) is 5.18. The molecule has 1 aliphatic rings. The van der Waals surface area contributed by atoms with Crippen LogP contribution in [0.15, 0.2) is 30.3 Å². The van der Waals surface area contributed by atoms with Crippen LogP contribution in [0.25, 0.3) is 0 Å². The summed E-state index contributed by atoms with van der Waals surface area (Å²) in [5.41, 5.74) is 4.06. The Hall–Kier alpha value is -2.41. The first-order valence-electron chi connectivity index (χ1n) is 6.84. The van der Waals surface area contributed by atoms with Crippen LogP contribution < -0.4 is 5.32 Å². The minimum absolute atomic E-state index is 0.332. The van der Waals surface area contributed by atoms with Crippen LogP contribution in [0.5, 0.6) is 0 Å². The monoisotopic (exact) mass is 264 g/mol. The lowest BCUT2D eigenvalue weighted by Gasteiger charge is -2.25. The molecule has 3 rings (SSSR count). The van der Waals surface area contributed by atoms with Crippen LogP contribution in [-0.4, -0.2) is 16.0 Å². The molecule has 0 amide bonds. The fourth-order valence-corrected chi connectivity index (χ4v) is 2.69. The van der Waals surface area contributed by atoms with Crippen LogP contribution in [0, 0.1) is 18.3 Å². The molecular weight excluding hydrogens is 248 g/mol. The number of fused-ring (bicyclic) bond motifs is 1. The maximum absolute atomic E-state index is 8.95. The normalized spacial score (nSPS) is 17.1. The molecule has 2 aromatic rings. The lowest BCUT2D eigenvalue weighted by atomic mass is 9.88. The van der Waals surface area contributed by atoms with E-state index in [1.54, 1.807) is 6.07 Å². The molecule has 0 aliphatic heterocycles. The Bertz CT molecular complexity index is 672. The zero-order valence-corrected chi connectivity index (χ0v) is 11.4. The Labute approximate surface area is 118 Å². The molecule has 100 valence electrons. The summed E-state index contributed by atoms with van der Waals surface area (Å²) in [4.78, 5) is 8.58. The number of anilines is 1. The number of nitrogens with one attached hydrogen (secondary N) is 1. The van der Waals surface area contributed by atoms with E-state index >= 15 is 0 Å². The van der Waals surface area contributed by atoms with E-state index in [0.717, 1.165) is 25.0 Å². The molecule has 1 atom stereocenters. The van der Waals surface area contributed by atoms with E-state index in [1.165, 1.54) is 11.1 Å². The maximum atomic E-state index is 8.95. The summed E-state index contributed by atoms with van der Waals surface area (Å²) in [7, 11) is 0. The second kappa shape index (κ2) is 5.30. The summed E-state index contributed by atoms with van der Waals surface area (Å²) >= 11 is 0. The van der Waals surface area contributed by atoms with Crippen LogP contribution in [0.1, 0.15) is 28.9 Å². The molecule has 1 aromatic heterocycles. The molecule has 1 aliphatic carbocycles. The molecule has 1 N–H and O–H groups in total. The third-order valence-electron chi connectivity index (χ3n) is 3.65.